The second kappa shape index (κ2) is 4.31. The van der Waals surface area contributed by atoms with E-state index in [0.29, 0.717) is 0 Å². The number of alkyl halides is 1. The lowest BCUT2D eigenvalue weighted by atomic mass is 10.1. The van der Waals surface area contributed by atoms with E-state index in [1.807, 2.05) is 0 Å². The molecule has 0 bridgehead atoms. The van der Waals surface area contributed by atoms with Crippen molar-refractivity contribution in [3.05, 3.63) is 30.3 Å². The van der Waals surface area contributed by atoms with Crippen molar-refractivity contribution in [2.24, 2.45) is 0 Å². The highest BCUT2D eigenvalue weighted by atomic mass is 127. The maximum absolute atomic E-state index is 2.56. The molecule has 1 nitrogen and oxygen atoms in total. The molecule has 1 aliphatic rings. The number of piperidine rings is 1. The quantitative estimate of drug-likeness (QED) is 0.567. The molecular weight excluding hydrogens is 273 g/mol. The van der Waals surface area contributed by atoms with Gasteiger partial charge in [0.05, 0.1) is 0 Å². The van der Waals surface area contributed by atoms with E-state index in [4.69, 9.17) is 0 Å². The van der Waals surface area contributed by atoms with Gasteiger partial charge in [0.2, 0.25) is 0 Å². The number of halogens is 1. The lowest BCUT2D eigenvalue weighted by molar-refractivity contribution is 0.605. The number of benzene rings is 1. The second-order valence-corrected chi connectivity index (χ2v) is 5.26. The van der Waals surface area contributed by atoms with E-state index >= 15 is 0 Å². The fourth-order valence-corrected chi connectivity index (χ4v) is 2.30. The molecule has 2 heteroatoms. The summed E-state index contributed by atoms with van der Waals surface area (Å²) >= 11 is 2.56. The van der Waals surface area contributed by atoms with Crippen molar-refractivity contribution in [2.75, 3.05) is 18.0 Å². The van der Waals surface area contributed by atoms with Gasteiger partial charge < -0.3 is 4.90 Å². The minimum absolute atomic E-state index is 0.887. The molecule has 70 valence electrons. The predicted molar refractivity (Wildman–Crippen MR) is 65.7 cm³/mol. The molecule has 0 radical (unpaired) electrons. The first-order valence-electron chi connectivity index (χ1n) is 4.80. The zero-order valence-electron chi connectivity index (χ0n) is 7.62. The molecular formula is C11H14IN. The van der Waals surface area contributed by atoms with Gasteiger partial charge in [-0.05, 0) is 25.0 Å². The van der Waals surface area contributed by atoms with E-state index in [9.17, 15) is 0 Å². The van der Waals surface area contributed by atoms with E-state index < -0.39 is 0 Å². The average molecular weight is 287 g/mol. The molecule has 0 amide bonds. The summed E-state index contributed by atoms with van der Waals surface area (Å²) in [6.45, 7) is 2.44. The molecule has 1 fully saturated rings. The van der Waals surface area contributed by atoms with Crippen molar-refractivity contribution < 1.29 is 0 Å². The molecule has 0 N–H and O–H groups in total. The molecule has 1 saturated heterocycles. The molecule has 0 spiro atoms. The third-order valence-electron chi connectivity index (χ3n) is 2.55. The Morgan fingerprint density at radius 3 is 2.31 bits per heavy atom. The van der Waals surface area contributed by atoms with Crippen LogP contribution in [0.1, 0.15) is 12.8 Å². The third-order valence-corrected chi connectivity index (χ3v) is 3.79. The Balaban J connectivity index is 2.03. The molecule has 2 rings (SSSR count). The number of para-hydroxylation sites is 1. The zero-order valence-corrected chi connectivity index (χ0v) is 9.78. The highest BCUT2D eigenvalue weighted by Gasteiger charge is 2.16. The largest absolute Gasteiger partial charge is 0.371 e. The lowest BCUT2D eigenvalue weighted by Crippen LogP contribution is -2.33. The van der Waals surface area contributed by atoms with Gasteiger partial charge in [-0.25, -0.2) is 0 Å². The van der Waals surface area contributed by atoms with Gasteiger partial charge in [0.1, 0.15) is 0 Å². The summed E-state index contributed by atoms with van der Waals surface area (Å²) in [7, 11) is 0. The van der Waals surface area contributed by atoms with Crippen molar-refractivity contribution in [1.29, 1.82) is 0 Å². The first kappa shape index (κ1) is 9.31. The van der Waals surface area contributed by atoms with Crippen molar-refractivity contribution in [1.82, 2.24) is 0 Å². The van der Waals surface area contributed by atoms with E-state index in [-0.39, 0.29) is 0 Å². The molecule has 0 atom stereocenters. The van der Waals surface area contributed by atoms with Crippen LogP contribution in [0.5, 0.6) is 0 Å². The van der Waals surface area contributed by atoms with Crippen molar-refractivity contribution in [3.8, 4) is 0 Å². The van der Waals surface area contributed by atoms with Gasteiger partial charge in [-0.2, -0.15) is 0 Å². The van der Waals surface area contributed by atoms with E-state index in [2.05, 4.69) is 57.8 Å². The van der Waals surface area contributed by atoms with Crippen LogP contribution in [0.2, 0.25) is 0 Å². The Kier molecular flexibility index (Phi) is 3.09. The van der Waals surface area contributed by atoms with Crippen molar-refractivity contribution in [2.45, 2.75) is 16.8 Å². The molecule has 1 aromatic carbocycles. The Morgan fingerprint density at radius 1 is 1.08 bits per heavy atom. The van der Waals surface area contributed by atoms with Crippen LogP contribution in [0.25, 0.3) is 0 Å². The Labute approximate surface area is 93.3 Å². The smallest absolute Gasteiger partial charge is 0.0366 e. The zero-order chi connectivity index (χ0) is 9.10. The first-order valence-corrected chi connectivity index (χ1v) is 6.05. The van der Waals surface area contributed by atoms with Crippen LogP contribution in [0, 0.1) is 0 Å². The fraction of sp³-hybridized carbons (Fsp3) is 0.455. The summed E-state index contributed by atoms with van der Waals surface area (Å²) in [5.74, 6) is 0. The molecule has 1 aliphatic heterocycles. The Morgan fingerprint density at radius 2 is 1.69 bits per heavy atom. The summed E-state index contributed by atoms with van der Waals surface area (Å²) < 4.78 is 0.887. The third kappa shape index (κ3) is 2.36. The average Bonchev–Trinajstić information content (AvgIpc) is 2.20. The number of hydrogen-bond donors (Lipinski definition) is 0. The number of anilines is 1. The van der Waals surface area contributed by atoms with E-state index in [1.54, 1.807) is 0 Å². The number of hydrogen-bond acceptors (Lipinski definition) is 1. The Bertz CT molecular complexity index is 252. The molecule has 1 heterocycles. The predicted octanol–water partition coefficient (Wildman–Crippen LogP) is 3.09. The summed E-state index contributed by atoms with van der Waals surface area (Å²) in [4.78, 5) is 2.48. The van der Waals surface area contributed by atoms with Gasteiger partial charge >= 0.3 is 0 Å². The van der Waals surface area contributed by atoms with Crippen LogP contribution < -0.4 is 4.90 Å². The van der Waals surface area contributed by atoms with Gasteiger partial charge in [-0.15, -0.1) is 0 Å². The maximum atomic E-state index is 2.56. The fourth-order valence-electron chi connectivity index (χ4n) is 1.74. The number of nitrogens with zero attached hydrogens (tertiary/aromatic N) is 1. The summed E-state index contributed by atoms with van der Waals surface area (Å²) in [5.41, 5.74) is 1.38. The highest BCUT2D eigenvalue weighted by molar-refractivity contribution is 14.1. The van der Waals surface area contributed by atoms with Gasteiger partial charge in [0.25, 0.3) is 0 Å². The topological polar surface area (TPSA) is 3.24 Å². The normalized spacial score (nSPS) is 19.0. The minimum atomic E-state index is 0.887. The minimum Gasteiger partial charge on any atom is -0.371 e. The molecule has 0 saturated carbocycles. The van der Waals surface area contributed by atoms with Crippen LogP contribution in [0.15, 0.2) is 30.3 Å². The van der Waals surface area contributed by atoms with Crippen LogP contribution in [0.3, 0.4) is 0 Å². The van der Waals surface area contributed by atoms with Gasteiger partial charge in [0.15, 0.2) is 0 Å². The molecule has 1 aromatic rings. The highest BCUT2D eigenvalue weighted by Crippen LogP contribution is 2.22. The Hall–Kier alpha value is -0.250. The SMILES string of the molecule is IC1CCN(c2ccccc2)CC1. The maximum Gasteiger partial charge on any atom is 0.0366 e. The standard InChI is InChI=1S/C11H14IN/c12-10-6-8-13(9-7-10)11-4-2-1-3-5-11/h1-5,10H,6-9H2. The summed E-state index contributed by atoms with van der Waals surface area (Å²) in [6.07, 6.45) is 2.66. The van der Waals surface area contributed by atoms with Crippen LogP contribution in [0.4, 0.5) is 5.69 Å². The monoisotopic (exact) mass is 287 g/mol. The lowest BCUT2D eigenvalue weighted by Gasteiger charge is -2.31. The van der Waals surface area contributed by atoms with Crippen molar-refractivity contribution >= 4 is 28.3 Å². The molecule has 0 unspecified atom stereocenters. The summed E-state index contributed by atoms with van der Waals surface area (Å²) in [6, 6.07) is 10.7. The first-order chi connectivity index (χ1) is 6.36. The molecule has 13 heavy (non-hydrogen) atoms. The van der Waals surface area contributed by atoms with Gasteiger partial charge in [0, 0.05) is 22.7 Å². The van der Waals surface area contributed by atoms with Crippen molar-refractivity contribution in [3.63, 3.8) is 0 Å². The molecule has 0 aromatic heterocycles. The summed E-state index contributed by atoms with van der Waals surface area (Å²) in [5, 5.41) is 0. The van der Waals surface area contributed by atoms with Crippen LogP contribution in [-0.2, 0) is 0 Å². The number of rotatable bonds is 1. The van der Waals surface area contributed by atoms with Gasteiger partial charge in [-0.1, -0.05) is 40.8 Å². The van der Waals surface area contributed by atoms with E-state index in [0.717, 1.165) is 3.92 Å². The van der Waals surface area contributed by atoms with Gasteiger partial charge in [-0.3, -0.25) is 0 Å². The van der Waals surface area contributed by atoms with E-state index in [1.165, 1.54) is 31.6 Å². The van der Waals surface area contributed by atoms with Crippen LogP contribution >= 0.6 is 22.6 Å². The second-order valence-electron chi connectivity index (χ2n) is 3.50. The van der Waals surface area contributed by atoms with Crippen LogP contribution in [-0.4, -0.2) is 17.0 Å². The molecule has 0 aliphatic carbocycles.